The fourth-order valence-corrected chi connectivity index (χ4v) is 1.98. The van der Waals surface area contributed by atoms with Gasteiger partial charge < -0.3 is 0 Å². The molecule has 1 aliphatic carbocycles. The van der Waals surface area contributed by atoms with Crippen LogP contribution in [0.25, 0.3) is 0 Å². The van der Waals surface area contributed by atoms with Gasteiger partial charge in [0.1, 0.15) is 5.78 Å². The predicted molar refractivity (Wildman–Crippen MR) is 50.4 cm³/mol. The molecule has 1 unspecified atom stereocenters. The van der Waals surface area contributed by atoms with Crippen molar-refractivity contribution in [3.05, 3.63) is 29.8 Å². The monoisotopic (exact) mass is 193 g/mol. The van der Waals surface area contributed by atoms with E-state index in [1.54, 1.807) is 6.07 Å². The van der Waals surface area contributed by atoms with Gasteiger partial charge in [0.2, 0.25) is 5.95 Å². The second-order valence-corrected chi connectivity index (χ2v) is 3.74. The van der Waals surface area contributed by atoms with Crippen LogP contribution in [0.2, 0.25) is 0 Å². The van der Waals surface area contributed by atoms with Crippen molar-refractivity contribution in [2.45, 2.75) is 31.6 Å². The molecule has 14 heavy (non-hydrogen) atoms. The molecule has 1 aromatic heterocycles. The first kappa shape index (κ1) is 9.31. The Hall–Kier alpha value is -1.25. The maximum Gasteiger partial charge on any atom is 0.213 e. The summed E-state index contributed by atoms with van der Waals surface area (Å²) in [5.74, 6) is 0.0349. The summed E-state index contributed by atoms with van der Waals surface area (Å²) >= 11 is 0. The normalized spacial score (nSPS) is 22.4. The fourth-order valence-electron chi connectivity index (χ4n) is 1.98. The zero-order valence-corrected chi connectivity index (χ0v) is 7.87. The van der Waals surface area contributed by atoms with Gasteiger partial charge in [-0.15, -0.1) is 0 Å². The molecule has 2 rings (SSSR count). The van der Waals surface area contributed by atoms with Crippen LogP contribution in [0.15, 0.2) is 18.3 Å². The zero-order chi connectivity index (χ0) is 9.97. The van der Waals surface area contributed by atoms with Crippen LogP contribution in [-0.2, 0) is 4.79 Å². The standard InChI is InChI=1S/C11H12FNO/c12-11-7-9(4-5-13-11)8-2-1-3-10(14)6-8/h4-5,7-8H,1-3,6H2. The Morgan fingerprint density at radius 2 is 2.36 bits per heavy atom. The first-order chi connectivity index (χ1) is 6.75. The van der Waals surface area contributed by atoms with Crippen LogP contribution in [0, 0.1) is 5.95 Å². The number of Topliss-reactive ketones (excluding diaryl/α,β-unsaturated/α-hetero) is 1. The van der Waals surface area contributed by atoms with Crippen LogP contribution in [0.4, 0.5) is 4.39 Å². The SMILES string of the molecule is O=C1CCCC(c2ccnc(F)c2)C1. The summed E-state index contributed by atoms with van der Waals surface area (Å²) in [4.78, 5) is 14.7. The second kappa shape index (κ2) is 3.86. The van der Waals surface area contributed by atoms with E-state index in [0.717, 1.165) is 18.4 Å². The molecule has 2 nitrogen and oxygen atoms in total. The molecule has 1 fully saturated rings. The van der Waals surface area contributed by atoms with E-state index in [1.807, 2.05) is 0 Å². The molecule has 1 aliphatic rings. The minimum atomic E-state index is -0.458. The number of nitrogens with zero attached hydrogens (tertiary/aromatic N) is 1. The molecular formula is C11H12FNO. The lowest BCUT2D eigenvalue weighted by Gasteiger charge is -2.20. The van der Waals surface area contributed by atoms with E-state index in [2.05, 4.69) is 4.98 Å². The minimum Gasteiger partial charge on any atom is -0.300 e. The highest BCUT2D eigenvalue weighted by molar-refractivity contribution is 5.80. The van der Waals surface area contributed by atoms with Gasteiger partial charge in [-0.05, 0) is 36.5 Å². The molecule has 0 aromatic carbocycles. The zero-order valence-electron chi connectivity index (χ0n) is 7.87. The van der Waals surface area contributed by atoms with Crippen molar-refractivity contribution in [2.24, 2.45) is 0 Å². The van der Waals surface area contributed by atoms with Crippen molar-refractivity contribution >= 4 is 5.78 Å². The van der Waals surface area contributed by atoms with Crippen molar-refractivity contribution in [3.63, 3.8) is 0 Å². The van der Waals surface area contributed by atoms with Gasteiger partial charge in [0.25, 0.3) is 0 Å². The van der Waals surface area contributed by atoms with E-state index in [1.165, 1.54) is 12.3 Å². The molecule has 3 heteroatoms. The summed E-state index contributed by atoms with van der Waals surface area (Å²) < 4.78 is 12.8. The van der Waals surface area contributed by atoms with Gasteiger partial charge in [0.15, 0.2) is 0 Å². The van der Waals surface area contributed by atoms with Crippen molar-refractivity contribution in [1.29, 1.82) is 0 Å². The summed E-state index contributed by atoms with van der Waals surface area (Å²) in [6.45, 7) is 0. The number of rotatable bonds is 1. The van der Waals surface area contributed by atoms with Crippen LogP contribution >= 0.6 is 0 Å². The number of hydrogen-bond donors (Lipinski definition) is 0. The highest BCUT2D eigenvalue weighted by Gasteiger charge is 2.21. The Bertz CT molecular complexity index is 351. The molecule has 0 saturated heterocycles. The molecule has 1 atom stereocenters. The highest BCUT2D eigenvalue weighted by Crippen LogP contribution is 2.30. The second-order valence-electron chi connectivity index (χ2n) is 3.74. The third kappa shape index (κ3) is 1.97. The van der Waals surface area contributed by atoms with Crippen molar-refractivity contribution in [1.82, 2.24) is 4.98 Å². The van der Waals surface area contributed by atoms with E-state index >= 15 is 0 Å². The average Bonchev–Trinajstić information content (AvgIpc) is 2.18. The first-order valence-electron chi connectivity index (χ1n) is 4.89. The summed E-state index contributed by atoms with van der Waals surface area (Å²) in [6.07, 6.45) is 4.61. The van der Waals surface area contributed by atoms with Gasteiger partial charge >= 0.3 is 0 Å². The summed E-state index contributed by atoms with van der Waals surface area (Å²) in [6, 6.07) is 3.23. The fraction of sp³-hybridized carbons (Fsp3) is 0.455. The highest BCUT2D eigenvalue weighted by atomic mass is 19.1. The van der Waals surface area contributed by atoms with Crippen LogP contribution < -0.4 is 0 Å². The van der Waals surface area contributed by atoms with E-state index in [4.69, 9.17) is 0 Å². The third-order valence-corrected chi connectivity index (χ3v) is 2.70. The Labute approximate surface area is 82.2 Å². The van der Waals surface area contributed by atoms with Crippen LogP contribution in [0.1, 0.15) is 37.2 Å². The van der Waals surface area contributed by atoms with E-state index in [-0.39, 0.29) is 5.92 Å². The molecule has 1 aromatic rings. The maximum absolute atomic E-state index is 12.8. The van der Waals surface area contributed by atoms with E-state index in [9.17, 15) is 9.18 Å². The maximum atomic E-state index is 12.8. The van der Waals surface area contributed by atoms with E-state index < -0.39 is 5.95 Å². The third-order valence-electron chi connectivity index (χ3n) is 2.70. The molecule has 0 bridgehead atoms. The number of aromatic nitrogens is 1. The average molecular weight is 193 g/mol. The lowest BCUT2D eigenvalue weighted by molar-refractivity contribution is -0.120. The lowest BCUT2D eigenvalue weighted by Crippen LogP contribution is -2.13. The quantitative estimate of drug-likeness (QED) is 0.641. The van der Waals surface area contributed by atoms with Gasteiger partial charge in [-0.1, -0.05) is 0 Å². The van der Waals surface area contributed by atoms with Crippen molar-refractivity contribution in [3.8, 4) is 0 Å². The van der Waals surface area contributed by atoms with Crippen LogP contribution in [0.5, 0.6) is 0 Å². The van der Waals surface area contributed by atoms with Crippen LogP contribution in [0.3, 0.4) is 0 Å². The van der Waals surface area contributed by atoms with Crippen molar-refractivity contribution in [2.75, 3.05) is 0 Å². The number of ketones is 1. The summed E-state index contributed by atoms with van der Waals surface area (Å²) in [5, 5.41) is 0. The Morgan fingerprint density at radius 1 is 1.50 bits per heavy atom. The van der Waals surface area contributed by atoms with Crippen LogP contribution in [-0.4, -0.2) is 10.8 Å². The number of hydrogen-bond acceptors (Lipinski definition) is 2. The largest absolute Gasteiger partial charge is 0.300 e. The minimum absolute atomic E-state index is 0.203. The number of halogens is 1. The lowest BCUT2D eigenvalue weighted by atomic mass is 9.84. The number of carbonyl (C=O) groups excluding carboxylic acids is 1. The van der Waals surface area contributed by atoms with Gasteiger partial charge in [0, 0.05) is 19.0 Å². The molecule has 1 heterocycles. The smallest absolute Gasteiger partial charge is 0.213 e. The molecular weight excluding hydrogens is 181 g/mol. The Morgan fingerprint density at radius 3 is 3.07 bits per heavy atom. The Kier molecular flexibility index (Phi) is 2.57. The molecule has 0 aliphatic heterocycles. The first-order valence-corrected chi connectivity index (χ1v) is 4.89. The molecule has 1 saturated carbocycles. The molecule has 74 valence electrons. The van der Waals surface area contributed by atoms with Gasteiger partial charge in [0.05, 0.1) is 0 Å². The Balaban J connectivity index is 2.17. The molecule has 0 N–H and O–H groups in total. The predicted octanol–water partition coefficient (Wildman–Crippen LogP) is 2.45. The summed E-state index contributed by atoms with van der Waals surface area (Å²) in [7, 11) is 0. The molecule has 0 spiro atoms. The van der Waals surface area contributed by atoms with Gasteiger partial charge in [-0.3, -0.25) is 4.79 Å². The topological polar surface area (TPSA) is 30.0 Å². The number of carbonyl (C=O) groups is 1. The van der Waals surface area contributed by atoms with Crippen molar-refractivity contribution < 1.29 is 9.18 Å². The molecule has 0 radical (unpaired) electrons. The van der Waals surface area contributed by atoms with Gasteiger partial charge in [-0.25, -0.2) is 4.98 Å². The summed E-state index contributed by atoms with van der Waals surface area (Å²) in [5.41, 5.74) is 0.908. The number of pyridine rings is 1. The molecule has 0 amide bonds. The van der Waals surface area contributed by atoms with Gasteiger partial charge in [-0.2, -0.15) is 4.39 Å². The van der Waals surface area contributed by atoms with E-state index in [0.29, 0.717) is 18.6 Å².